The van der Waals surface area contributed by atoms with Gasteiger partial charge in [-0.05, 0) is 16.8 Å². The van der Waals surface area contributed by atoms with Crippen molar-refractivity contribution in [3.8, 4) is 5.75 Å². The third-order valence-corrected chi connectivity index (χ3v) is 7.39. The molecule has 0 aromatic heterocycles. The van der Waals surface area contributed by atoms with Gasteiger partial charge in [0.05, 0.1) is 5.41 Å². The minimum absolute atomic E-state index is 0.227. The van der Waals surface area contributed by atoms with Gasteiger partial charge in [0.15, 0.2) is 17.0 Å². The van der Waals surface area contributed by atoms with Gasteiger partial charge in [0.1, 0.15) is 5.75 Å². The molecule has 4 aromatic carbocycles. The first kappa shape index (κ1) is 19.6. The molecule has 4 nitrogen and oxygen atoms in total. The Labute approximate surface area is 190 Å². The van der Waals surface area contributed by atoms with E-state index in [9.17, 15) is 14.4 Å². The fourth-order valence-electron chi connectivity index (χ4n) is 5.77. The number of hydrogen-bond acceptors (Lipinski definition) is 4. The van der Waals surface area contributed by atoms with Gasteiger partial charge in [-0.1, -0.05) is 97.9 Å². The molecule has 160 valence electrons. The minimum Gasteiger partial charge on any atom is -0.425 e. The quantitative estimate of drug-likeness (QED) is 0.182. The number of ketones is 2. The number of hydrogen-bond donors (Lipinski definition) is 0. The van der Waals surface area contributed by atoms with Crippen LogP contribution in [0.1, 0.15) is 39.1 Å². The van der Waals surface area contributed by atoms with Crippen LogP contribution in [-0.2, 0) is 4.79 Å². The average Bonchev–Trinajstić information content (AvgIpc) is 3.46. The van der Waals surface area contributed by atoms with Gasteiger partial charge < -0.3 is 4.74 Å². The molecule has 0 saturated heterocycles. The maximum atomic E-state index is 14.0. The van der Waals surface area contributed by atoms with Gasteiger partial charge >= 0.3 is 5.97 Å². The van der Waals surface area contributed by atoms with Gasteiger partial charge in [-0.15, -0.1) is 0 Å². The van der Waals surface area contributed by atoms with E-state index in [1.165, 1.54) is 0 Å². The normalized spacial score (nSPS) is 25.0. The Bertz CT molecular complexity index is 1460. The molecule has 0 spiro atoms. The Kier molecular flexibility index (Phi) is 4.00. The van der Waals surface area contributed by atoms with Gasteiger partial charge in [0.2, 0.25) is 0 Å². The molecule has 1 saturated carbocycles. The zero-order valence-electron chi connectivity index (χ0n) is 17.9. The third kappa shape index (κ3) is 2.38. The molecule has 2 aliphatic rings. The van der Waals surface area contributed by atoms with Crippen molar-refractivity contribution in [1.82, 2.24) is 0 Å². The molecule has 4 heteroatoms. The van der Waals surface area contributed by atoms with Gasteiger partial charge in [0.25, 0.3) is 0 Å². The Morgan fingerprint density at radius 3 is 1.97 bits per heavy atom. The summed E-state index contributed by atoms with van der Waals surface area (Å²) in [5, 5.41) is 1.86. The summed E-state index contributed by atoms with van der Waals surface area (Å²) in [6.45, 7) is 1.74. The molecule has 0 bridgehead atoms. The molecular formula is C29H20O4. The van der Waals surface area contributed by atoms with Crippen LogP contribution in [0.5, 0.6) is 5.75 Å². The van der Waals surface area contributed by atoms with Gasteiger partial charge in [0, 0.05) is 22.6 Å². The van der Waals surface area contributed by atoms with Crippen LogP contribution in [0, 0.1) is 10.8 Å². The Morgan fingerprint density at radius 1 is 0.727 bits per heavy atom. The second-order valence-electron chi connectivity index (χ2n) is 8.92. The fraction of sp³-hybridized carbons (Fsp3) is 0.138. The van der Waals surface area contributed by atoms with Crippen molar-refractivity contribution in [1.29, 1.82) is 0 Å². The molecule has 4 aromatic rings. The summed E-state index contributed by atoms with van der Waals surface area (Å²) < 4.78 is 5.81. The Hall–Kier alpha value is -4.05. The van der Waals surface area contributed by atoms with Crippen LogP contribution in [-0.4, -0.2) is 17.5 Å². The van der Waals surface area contributed by atoms with Crippen molar-refractivity contribution in [3.63, 3.8) is 0 Å². The lowest BCUT2D eigenvalue weighted by Gasteiger charge is -2.24. The second kappa shape index (κ2) is 6.72. The third-order valence-electron chi connectivity index (χ3n) is 7.39. The number of Topliss-reactive ketones (excluding diaryl/α,β-unsaturated/α-hetero) is 2. The van der Waals surface area contributed by atoms with E-state index in [0.717, 1.165) is 16.3 Å². The number of rotatable bonds is 4. The molecule has 1 heterocycles. The van der Waals surface area contributed by atoms with E-state index >= 15 is 0 Å². The maximum Gasteiger partial charge on any atom is 0.327 e. The molecule has 33 heavy (non-hydrogen) atoms. The van der Waals surface area contributed by atoms with Crippen LogP contribution < -0.4 is 4.74 Å². The lowest BCUT2D eigenvalue weighted by atomic mass is 9.82. The number of fused-ring (bicyclic) bond motifs is 5. The van der Waals surface area contributed by atoms with Crippen LogP contribution in [0.25, 0.3) is 10.8 Å². The lowest BCUT2D eigenvalue weighted by Crippen LogP contribution is -2.39. The second-order valence-corrected chi connectivity index (χ2v) is 8.92. The van der Waals surface area contributed by atoms with E-state index in [0.29, 0.717) is 16.9 Å². The summed E-state index contributed by atoms with van der Waals surface area (Å²) in [5.74, 6) is -1.45. The highest BCUT2D eigenvalue weighted by Gasteiger charge is 2.87. The van der Waals surface area contributed by atoms with Crippen molar-refractivity contribution in [3.05, 3.63) is 114 Å². The van der Waals surface area contributed by atoms with E-state index < -0.39 is 22.7 Å². The van der Waals surface area contributed by atoms with Crippen molar-refractivity contribution < 1.29 is 19.1 Å². The van der Waals surface area contributed by atoms with Crippen LogP contribution in [0.4, 0.5) is 0 Å². The van der Waals surface area contributed by atoms with Gasteiger partial charge in [-0.2, -0.15) is 0 Å². The number of carbonyl (C=O) groups is 3. The van der Waals surface area contributed by atoms with Crippen molar-refractivity contribution in [2.45, 2.75) is 12.8 Å². The van der Waals surface area contributed by atoms with Crippen LogP contribution in [0.2, 0.25) is 0 Å². The first-order chi connectivity index (χ1) is 16.0. The van der Waals surface area contributed by atoms with Crippen molar-refractivity contribution >= 4 is 28.3 Å². The molecule has 1 aliphatic carbocycles. The molecule has 0 unspecified atom stereocenters. The zero-order chi connectivity index (χ0) is 22.8. The van der Waals surface area contributed by atoms with E-state index in [-0.39, 0.29) is 11.6 Å². The summed E-state index contributed by atoms with van der Waals surface area (Å²) in [4.78, 5) is 41.6. The molecule has 0 radical (unpaired) electrons. The maximum absolute atomic E-state index is 14.0. The zero-order valence-corrected chi connectivity index (χ0v) is 17.9. The van der Waals surface area contributed by atoms with Crippen molar-refractivity contribution in [2.75, 3.05) is 0 Å². The van der Waals surface area contributed by atoms with E-state index in [2.05, 4.69) is 0 Å². The minimum atomic E-state index is -1.61. The lowest BCUT2D eigenvalue weighted by molar-refractivity contribution is -0.140. The summed E-state index contributed by atoms with van der Waals surface area (Å²) in [5.41, 5.74) is -1.26. The summed E-state index contributed by atoms with van der Waals surface area (Å²) in [7, 11) is 0. The highest BCUT2D eigenvalue weighted by atomic mass is 16.5. The number of carbonyl (C=O) groups excluding carboxylic acids is 3. The first-order valence-corrected chi connectivity index (χ1v) is 10.9. The van der Waals surface area contributed by atoms with Crippen molar-refractivity contribution in [2.24, 2.45) is 10.8 Å². The largest absolute Gasteiger partial charge is 0.425 e. The number of benzene rings is 4. The van der Waals surface area contributed by atoms with Crippen LogP contribution in [0.15, 0.2) is 97.1 Å². The fourth-order valence-corrected chi connectivity index (χ4v) is 5.77. The summed E-state index contributed by atoms with van der Waals surface area (Å²) in [6, 6.07) is 29.0. The van der Waals surface area contributed by atoms with E-state index in [4.69, 9.17) is 4.74 Å². The monoisotopic (exact) mass is 432 g/mol. The highest BCUT2D eigenvalue weighted by molar-refractivity contribution is 6.26. The first-order valence-electron chi connectivity index (χ1n) is 10.9. The molecule has 1 fully saturated rings. The molecule has 1 aliphatic heterocycles. The number of ether oxygens (including phenoxy) is 1. The molecule has 3 atom stereocenters. The van der Waals surface area contributed by atoms with E-state index in [1.54, 1.807) is 61.5 Å². The summed E-state index contributed by atoms with van der Waals surface area (Å²) >= 11 is 0. The molecule has 0 N–H and O–H groups in total. The Balaban J connectivity index is 1.64. The summed E-state index contributed by atoms with van der Waals surface area (Å²) in [6.07, 6.45) is 0. The Morgan fingerprint density at radius 2 is 1.30 bits per heavy atom. The van der Waals surface area contributed by atoms with Gasteiger partial charge in [-0.3, -0.25) is 14.4 Å². The number of esters is 1. The van der Waals surface area contributed by atoms with Crippen LogP contribution >= 0.6 is 0 Å². The molecule has 0 amide bonds. The average molecular weight is 432 g/mol. The van der Waals surface area contributed by atoms with E-state index in [1.807, 2.05) is 42.5 Å². The van der Waals surface area contributed by atoms with Gasteiger partial charge in [-0.25, -0.2) is 0 Å². The SMILES string of the molecule is C[C@]1(C(=O)c2ccccc2)[C@H]2c3c(ccc4ccccc34)OC(=O)[C@@]21C(=O)c1ccccc1. The predicted molar refractivity (Wildman–Crippen MR) is 124 cm³/mol. The highest BCUT2D eigenvalue weighted by Crippen LogP contribution is 2.79. The predicted octanol–water partition coefficient (Wildman–Crippen LogP) is 5.61. The topological polar surface area (TPSA) is 60.4 Å². The molecular weight excluding hydrogens is 412 g/mol. The smallest absolute Gasteiger partial charge is 0.327 e. The standard InChI is InChI=1S/C29H20O4/c1-28(25(30)19-11-4-2-5-12-19)24-23-21-15-9-8-10-18(21)16-17-22(23)33-27(32)29(24,28)26(31)20-13-6-3-7-14-20/h2-17,24H,1H3/t24-,28-,29+/m1/s1. The van der Waals surface area contributed by atoms with Crippen LogP contribution in [0.3, 0.4) is 0 Å². The molecule has 6 rings (SSSR count).